The summed E-state index contributed by atoms with van der Waals surface area (Å²) in [4.78, 5) is 34.8. The Morgan fingerprint density at radius 1 is 1.22 bits per heavy atom. The van der Waals surface area contributed by atoms with Crippen LogP contribution in [0.3, 0.4) is 0 Å². The van der Waals surface area contributed by atoms with E-state index in [2.05, 4.69) is 15.2 Å². The second kappa shape index (κ2) is 7.02. The summed E-state index contributed by atoms with van der Waals surface area (Å²) in [5, 5.41) is 4.24. The Bertz CT molecular complexity index is 920. The van der Waals surface area contributed by atoms with Crippen molar-refractivity contribution in [2.75, 3.05) is 13.1 Å². The minimum Gasteiger partial charge on any atom is -0.335 e. The predicted octanol–water partition coefficient (Wildman–Crippen LogP) is 2.08. The van der Waals surface area contributed by atoms with Crippen molar-refractivity contribution in [2.45, 2.75) is 70.0 Å². The molecule has 5 rings (SSSR count). The van der Waals surface area contributed by atoms with Crippen LogP contribution >= 0.6 is 11.3 Å². The molecular formula is C20H26N4O2S. The Balaban J connectivity index is 1.36. The number of amides is 1. The van der Waals surface area contributed by atoms with Crippen LogP contribution in [0.5, 0.6) is 0 Å². The molecule has 0 saturated carbocycles. The van der Waals surface area contributed by atoms with E-state index in [4.69, 9.17) is 0 Å². The van der Waals surface area contributed by atoms with Crippen LogP contribution in [0.25, 0.3) is 10.2 Å². The van der Waals surface area contributed by atoms with E-state index in [0.717, 1.165) is 61.8 Å². The van der Waals surface area contributed by atoms with E-state index >= 15 is 0 Å². The molecular weight excluding hydrogens is 360 g/mol. The smallest absolute Gasteiger partial charge is 0.262 e. The largest absolute Gasteiger partial charge is 0.335 e. The first kappa shape index (κ1) is 17.4. The molecule has 2 unspecified atom stereocenters. The second-order valence-electron chi connectivity index (χ2n) is 8.06. The van der Waals surface area contributed by atoms with Crippen LogP contribution in [0.4, 0.5) is 0 Å². The van der Waals surface area contributed by atoms with Gasteiger partial charge in [0.2, 0.25) is 5.91 Å². The summed E-state index contributed by atoms with van der Waals surface area (Å²) in [6, 6.07) is 0.699. The summed E-state index contributed by atoms with van der Waals surface area (Å²) < 4.78 is 1.65. The minimum absolute atomic E-state index is 0.0349. The van der Waals surface area contributed by atoms with Crippen LogP contribution in [-0.2, 0) is 24.2 Å². The first-order valence-corrected chi connectivity index (χ1v) is 11.1. The van der Waals surface area contributed by atoms with E-state index in [9.17, 15) is 9.59 Å². The number of carbonyl (C=O) groups is 1. The lowest BCUT2D eigenvalue weighted by Gasteiger charge is -2.28. The maximum Gasteiger partial charge on any atom is 0.262 e. The Kier molecular flexibility index (Phi) is 4.52. The number of nitrogens with one attached hydrogen (secondary N) is 1. The predicted molar refractivity (Wildman–Crippen MR) is 106 cm³/mol. The fourth-order valence-corrected chi connectivity index (χ4v) is 6.29. The lowest BCUT2D eigenvalue weighted by atomic mass is 9.97. The highest BCUT2D eigenvalue weighted by Gasteiger charge is 2.37. The molecule has 2 aromatic rings. The Morgan fingerprint density at radius 2 is 2.07 bits per heavy atom. The third kappa shape index (κ3) is 3.01. The fraction of sp³-hybridized carbons (Fsp3) is 0.650. The van der Waals surface area contributed by atoms with Crippen molar-refractivity contribution in [1.29, 1.82) is 0 Å². The lowest BCUT2D eigenvalue weighted by molar-refractivity contribution is -0.134. The highest BCUT2D eigenvalue weighted by Crippen LogP contribution is 2.33. The molecule has 3 aliphatic rings. The average molecular weight is 387 g/mol. The highest BCUT2D eigenvalue weighted by molar-refractivity contribution is 7.18. The van der Waals surface area contributed by atoms with Crippen LogP contribution in [-0.4, -0.2) is 45.5 Å². The number of fused-ring (bicyclic) bond motifs is 5. The molecule has 1 N–H and O–H groups in total. The molecule has 7 heteroatoms. The average Bonchev–Trinajstić information content (AvgIpc) is 3.17. The summed E-state index contributed by atoms with van der Waals surface area (Å²) in [5.41, 5.74) is 1.25. The molecule has 0 radical (unpaired) electrons. The minimum atomic E-state index is 0.0349. The van der Waals surface area contributed by atoms with E-state index in [0.29, 0.717) is 25.0 Å². The van der Waals surface area contributed by atoms with Gasteiger partial charge < -0.3 is 10.2 Å². The van der Waals surface area contributed by atoms with Crippen LogP contribution in [0.1, 0.15) is 49.0 Å². The van der Waals surface area contributed by atoms with E-state index in [1.165, 1.54) is 16.9 Å². The maximum absolute atomic E-state index is 13.0. The summed E-state index contributed by atoms with van der Waals surface area (Å²) in [5.74, 6) is 0.186. The van der Waals surface area contributed by atoms with Crippen molar-refractivity contribution in [3.05, 3.63) is 27.1 Å². The van der Waals surface area contributed by atoms with Gasteiger partial charge in [0.15, 0.2) is 0 Å². The molecule has 2 aromatic heterocycles. The van der Waals surface area contributed by atoms with Gasteiger partial charge in [0.1, 0.15) is 4.83 Å². The van der Waals surface area contributed by atoms with Crippen molar-refractivity contribution in [2.24, 2.45) is 0 Å². The molecule has 1 amide bonds. The molecule has 2 fully saturated rings. The third-order valence-corrected chi connectivity index (χ3v) is 7.65. The maximum atomic E-state index is 13.0. The van der Waals surface area contributed by atoms with Crippen LogP contribution < -0.4 is 10.9 Å². The molecule has 27 heavy (non-hydrogen) atoms. The Labute approximate surface area is 162 Å². The molecule has 2 atom stereocenters. The van der Waals surface area contributed by atoms with Gasteiger partial charge in [-0.2, -0.15) is 0 Å². The lowest BCUT2D eigenvalue weighted by Crippen LogP contribution is -2.43. The van der Waals surface area contributed by atoms with Crippen molar-refractivity contribution in [1.82, 2.24) is 19.8 Å². The number of aromatic nitrogens is 2. The van der Waals surface area contributed by atoms with Gasteiger partial charge in [-0.3, -0.25) is 14.2 Å². The molecule has 1 aliphatic carbocycles. The molecule has 144 valence electrons. The molecule has 2 aliphatic heterocycles. The first-order chi connectivity index (χ1) is 13.2. The summed E-state index contributed by atoms with van der Waals surface area (Å²) >= 11 is 1.67. The van der Waals surface area contributed by atoms with Gasteiger partial charge >= 0.3 is 0 Å². The van der Waals surface area contributed by atoms with Crippen molar-refractivity contribution >= 4 is 27.5 Å². The number of nitrogens with zero attached hydrogens (tertiary/aromatic N) is 3. The van der Waals surface area contributed by atoms with Gasteiger partial charge in [-0.1, -0.05) is 0 Å². The number of thiophene rings is 1. The molecule has 2 bridgehead atoms. The van der Waals surface area contributed by atoms with Gasteiger partial charge in [-0.25, -0.2) is 4.98 Å². The fourth-order valence-electron chi connectivity index (χ4n) is 5.08. The van der Waals surface area contributed by atoms with Gasteiger partial charge in [-0.15, -0.1) is 11.3 Å². The van der Waals surface area contributed by atoms with Crippen LogP contribution in [0.2, 0.25) is 0 Å². The molecule has 0 spiro atoms. The number of aryl methyl sites for hydroxylation is 3. The number of carbonyl (C=O) groups excluding carboxylic acids is 1. The second-order valence-corrected chi connectivity index (χ2v) is 9.15. The molecule has 6 nitrogen and oxygen atoms in total. The van der Waals surface area contributed by atoms with Crippen molar-refractivity contribution < 1.29 is 4.79 Å². The Hall–Kier alpha value is -1.73. The zero-order valence-corrected chi connectivity index (χ0v) is 16.4. The van der Waals surface area contributed by atoms with Crippen LogP contribution in [0.15, 0.2) is 11.1 Å². The highest BCUT2D eigenvalue weighted by atomic mass is 32.1. The zero-order chi connectivity index (χ0) is 18.4. The summed E-state index contributed by atoms with van der Waals surface area (Å²) in [6.45, 7) is 2.32. The third-order valence-electron chi connectivity index (χ3n) is 6.45. The number of hydrogen-bond donors (Lipinski definition) is 1. The number of rotatable bonds is 3. The van der Waals surface area contributed by atoms with Gasteiger partial charge in [0.25, 0.3) is 5.56 Å². The first-order valence-electron chi connectivity index (χ1n) is 10.2. The monoisotopic (exact) mass is 386 g/mol. The van der Waals surface area contributed by atoms with E-state index < -0.39 is 0 Å². The standard InChI is InChI=1S/C20H26N4O2S/c25-17(24-13-5-6-14(24)11-21-9-7-13)8-10-23-12-22-19-18(20(23)26)15-3-1-2-4-16(15)27-19/h12-14,21H,1-11H2. The van der Waals surface area contributed by atoms with E-state index in [-0.39, 0.29) is 11.5 Å². The summed E-state index contributed by atoms with van der Waals surface area (Å²) in [7, 11) is 0. The van der Waals surface area contributed by atoms with E-state index in [1.807, 2.05) is 0 Å². The van der Waals surface area contributed by atoms with Gasteiger partial charge in [-0.05, 0) is 57.1 Å². The molecule has 2 saturated heterocycles. The summed E-state index contributed by atoms with van der Waals surface area (Å²) in [6.07, 6.45) is 9.68. The van der Waals surface area contributed by atoms with Crippen LogP contribution in [0, 0.1) is 0 Å². The topological polar surface area (TPSA) is 67.2 Å². The van der Waals surface area contributed by atoms with Crippen molar-refractivity contribution in [3.63, 3.8) is 0 Å². The normalized spacial score (nSPS) is 24.8. The molecule has 4 heterocycles. The molecule has 0 aromatic carbocycles. The SMILES string of the molecule is O=C(CCn1cnc2sc3c(c2c1=O)CCCC3)N1C2CCNCC1CC2. The quantitative estimate of drug-likeness (QED) is 0.877. The zero-order valence-electron chi connectivity index (χ0n) is 15.6. The van der Waals surface area contributed by atoms with E-state index in [1.54, 1.807) is 22.2 Å². The van der Waals surface area contributed by atoms with Gasteiger partial charge in [0, 0.05) is 36.5 Å². The van der Waals surface area contributed by atoms with Crippen molar-refractivity contribution in [3.8, 4) is 0 Å². The van der Waals surface area contributed by atoms with Gasteiger partial charge in [0.05, 0.1) is 11.7 Å². The Morgan fingerprint density at radius 3 is 3.00 bits per heavy atom. The number of hydrogen-bond acceptors (Lipinski definition) is 5.